The van der Waals surface area contributed by atoms with E-state index < -0.39 is 6.04 Å². The van der Waals surface area contributed by atoms with E-state index in [2.05, 4.69) is 5.32 Å². The molecule has 5 nitrogen and oxygen atoms in total. The number of carbonyl (C=O) groups is 1. The van der Waals surface area contributed by atoms with Gasteiger partial charge in [-0.15, -0.1) is 0 Å². The van der Waals surface area contributed by atoms with Crippen LogP contribution in [0, 0.1) is 0 Å². The molecule has 0 saturated carbocycles. The first kappa shape index (κ1) is 13.6. The second kappa shape index (κ2) is 5.75. The number of anilines is 1. The van der Waals surface area contributed by atoms with Crippen LogP contribution in [-0.4, -0.2) is 26.2 Å². The van der Waals surface area contributed by atoms with Crippen molar-refractivity contribution in [2.24, 2.45) is 5.73 Å². The molecule has 0 heterocycles. The number of amides is 1. The summed E-state index contributed by atoms with van der Waals surface area (Å²) in [4.78, 5) is 11.5. The van der Waals surface area contributed by atoms with Crippen LogP contribution in [0.3, 0.4) is 0 Å². The Morgan fingerprint density at radius 3 is 2.35 bits per heavy atom. The normalized spacial score (nSPS) is 11.8. The van der Waals surface area contributed by atoms with E-state index in [1.807, 2.05) is 0 Å². The van der Waals surface area contributed by atoms with Crippen molar-refractivity contribution >= 4 is 23.2 Å². The van der Waals surface area contributed by atoms with Crippen molar-refractivity contribution in [1.29, 1.82) is 0 Å². The average molecular weight is 259 g/mol. The molecule has 3 N–H and O–H groups in total. The van der Waals surface area contributed by atoms with Crippen molar-refractivity contribution in [2.45, 2.75) is 13.0 Å². The number of halogens is 1. The molecule has 0 aliphatic rings. The highest BCUT2D eigenvalue weighted by atomic mass is 35.5. The Labute approximate surface area is 105 Å². The van der Waals surface area contributed by atoms with Gasteiger partial charge in [0.1, 0.15) is 0 Å². The maximum Gasteiger partial charge on any atom is 0.241 e. The molecule has 0 radical (unpaired) electrons. The third-order valence-electron chi connectivity index (χ3n) is 2.14. The Morgan fingerprint density at radius 1 is 1.35 bits per heavy atom. The molecule has 0 aliphatic heterocycles. The van der Waals surface area contributed by atoms with Crippen molar-refractivity contribution in [1.82, 2.24) is 0 Å². The van der Waals surface area contributed by atoms with Crippen LogP contribution >= 0.6 is 11.6 Å². The van der Waals surface area contributed by atoms with Crippen molar-refractivity contribution in [3.63, 3.8) is 0 Å². The zero-order chi connectivity index (χ0) is 13.0. The molecule has 0 unspecified atom stereocenters. The monoisotopic (exact) mass is 258 g/mol. The van der Waals surface area contributed by atoms with Gasteiger partial charge in [-0.2, -0.15) is 0 Å². The molecule has 94 valence electrons. The van der Waals surface area contributed by atoms with Gasteiger partial charge < -0.3 is 20.5 Å². The highest BCUT2D eigenvalue weighted by Crippen LogP contribution is 2.35. The van der Waals surface area contributed by atoms with Gasteiger partial charge in [0.05, 0.1) is 31.0 Å². The van der Waals surface area contributed by atoms with Gasteiger partial charge in [-0.25, -0.2) is 0 Å². The molecule has 0 saturated heterocycles. The number of nitrogens with one attached hydrogen (secondary N) is 1. The maximum absolute atomic E-state index is 11.5. The standard InChI is InChI=1S/C11H15ClN2O3/c1-6(13)11(15)14-8-5-10(17-3)9(16-2)4-7(8)12/h4-6H,13H2,1-3H3,(H,14,15)/t6-/m0/s1. The van der Waals surface area contributed by atoms with Crippen LogP contribution in [0.1, 0.15) is 6.92 Å². The first-order valence-corrected chi connectivity index (χ1v) is 5.35. The number of carbonyl (C=O) groups excluding carboxylic acids is 1. The van der Waals surface area contributed by atoms with Crippen LogP contribution in [0.5, 0.6) is 11.5 Å². The summed E-state index contributed by atoms with van der Waals surface area (Å²) < 4.78 is 10.2. The van der Waals surface area contributed by atoms with Gasteiger partial charge in [0.2, 0.25) is 5.91 Å². The second-order valence-corrected chi connectivity index (χ2v) is 3.87. The summed E-state index contributed by atoms with van der Waals surface area (Å²) in [6.45, 7) is 1.59. The zero-order valence-corrected chi connectivity index (χ0v) is 10.7. The van der Waals surface area contributed by atoms with Gasteiger partial charge >= 0.3 is 0 Å². The van der Waals surface area contributed by atoms with Crippen LogP contribution in [0.2, 0.25) is 5.02 Å². The molecule has 0 aromatic heterocycles. The van der Waals surface area contributed by atoms with Crippen LogP contribution < -0.4 is 20.5 Å². The Kier molecular flexibility index (Phi) is 4.60. The number of ether oxygens (including phenoxy) is 2. The van der Waals surface area contributed by atoms with E-state index in [-0.39, 0.29) is 5.91 Å². The van der Waals surface area contributed by atoms with E-state index in [4.69, 9.17) is 26.8 Å². The smallest absolute Gasteiger partial charge is 0.241 e. The molecule has 1 rings (SSSR count). The third-order valence-corrected chi connectivity index (χ3v) is 2.46. The summed E-state index contributed by atoms with van der Waals surface area (Å²) in [6, 6.07) is 2.54. The molecule has 17 heavy (non-hydrogen) atoms. The Morgan fingerprint density at radius 2 is 1.88 bits per heavy atom. The van der Waals surface area contributed by atoms with E-state index in [1.165, 1.54) is 14.2 Å². The van der Waals surface area contributed by atoms with Crippen LogP contribution in [0.4, 0.5) is 5.69 Å². The summed E-state index contributed by atoms with van der Waals surface area (Å²) >= 11 is 5.99. The molecule has 0 spiro atoms. The lowest BCUT2D eigenvalue weighted by Crippen LogP contribution is -2.32. The van der Waals surface area contributed by atoms with Crippen molar-refractivity contribution in [2.75, 3.05) is 19.5 Å². The molecule has 6 heteroatoms. The molecule has 1 aromatic carbocycles. The number of hydrogen-bond donors (Lipinski definition) is 2. The Balaban J connectivity index is 3.04. The largest absolute Gasteiger partial charge is 0.493 e. The first-order valence-electron chi connectivity index (χ1n) is 4.97. The first-order chi connectivity index (χ1) is 7.99. The number of rotatable bonds is 4. The quantitative estimate of drug-likeness (QED) is 0.861. The predicted molar refractivity (Wildman–Crippen MR) is 66.8 cm³/mol. The molecule has 1 aromatic rings. The van der Waals surface area contributed by atoms with Gasteiger partial charge in [0.15, 0.2) is 11.5 Å². The van der Waals surface area contributed by atoms with E-state index in [0.717, 1.165) is 0 Å². The van der Waals surface area contributed by atoms with Crippen LogP contribution in [-0.2, 0) is 4.79 Å². The fraction of sp³-hybridized carbons (Fsp3) is 0.364. The summed E-state index contributed by atoms with van der Waals surface area (Å²) in [5, 5.41) is 2.96. The maximum atomic E-state index is 11.5. The molecular weight excluding hydrogens is 244 g/mol. The molecular formula is C11H15ClN2O3. The fourth-order valence-electron chi connectivity index (χ4n) is 1.20. The summed E-state index contributed by atoms with van der Waals surface area (Å²) in [7, 11) is 3.01. The minimum atomic E-state index is -0.612. The van der Waals surface area contributed by atoms with Crippen molar-refractivity contribution in [3.05, 3.63) is 17.2 Å². The highest BCUT2D eigenvalue weighted by Gasteiger charge is 2.13. The van der Waals surface area contributed by atoms with Gasteiger partial charge in [0.25, 0.3) is 0 Å². The van der Waals surface area contributed by atoms with E-state index >= 15 is 0 Å². The minimum Gasteiger partial charge on any atom is -0.493 e. The number of benzene rings is 1. The molecule has 0 aliphatic carbocycles. The fourth-order valence-corrected chi connectivity index (χ4v) is 1.40. The Bertz CT molecular complexity index is 421. The van der Waals surface area contributed by atoms with Crippen molar-refractivity contribution in [3.8, 4) is 11.5 Å². The zero-order valence-electron chi connectivity index (χ0n) is 9.91. The van der Waals surface area contributed by atoms with Gasteiger partial charge in [0, 0.05) is 12.1 Å². The highest BCUT2D eigenvalue weighted by molar-refractivity contribution is 6.34. The van der Waals surface area contributed by atoms with Crippen molar-refractivity contribution < 1.29 is 14.3 Å². The lowest BCUT2D eigenvalue weighted by molar-refractivity contribution is -0.117. The summed E-state index contributed by atoms with van der Waals surface area (Å²) in [5.74, 6) is 0.660. The third kappa shape index (κ3) is 3.25. The average Bonchev–Trinajstić information content (AvgIpc) is 2.30. The molecule has 1 atom stereocenters. The minimum absolute atomic E-state index is 0.320. The van der Waals surface area contributed by atoms with Crippen LogP contribution in [0.15, 0.2) is 12.1 Å². The van der Waals surface area contributed by atoms with E-state index in [9.17, 15) is 4.79 Å². The molecule has 1 amide bonds. The number of hydrogen-bond acceptors (Lipinski definition) is 4. The SMILES string of the molecule is COc1cc(Cl)c(NC(=O)[C@H](C)N)cc1OC. The van der Waals surface area contributed by atoms with Gasteiger partial charge in [-0.05, 0) is 6.92 Å². The lowest BCUT2D eigenvalue weighted by atomic mass is 10.2. The topological polar surface area (TPSA) is 73.6 Å². The van der Waals surface area contributed by atoms with Crippen LogP contribution in [0.25, 0.3) is 0 Å². The summed E-state index contributed by atoms with van der Waals surface area (Å²) in [6.07, 6.45) is 0. The molecule has 0 bridgehead atoms. The summed E-state index contributed by atoms with van der Waals surface area (Å²) in [5.41, 5.74) is 5.89. The number of nitrogens with two attached hydrogens (primary N) is 1. The van der Waals surface area contributed by atoms with E-state index in [1.54, 1.807) is 19.1 Å². The predicted octanol–water partition coefficient (Wildman–Crippen LogP) is 1.64. The number of methoxy groups -OCH3 is 2. The van der Waals surface area contributed by atoms with Gasteiger partial charge in [-0.3, -0.25) is 4.79 Å². The van der Waals surface area contributed by atoms with E-state index in [0.29, 0.717) is 22.2 Å². The lowest BCUT2D eigenvalue weighted by Gasteiger charge is -2.13. The second-order valence-electron chi connectivity index (χ2n) is 3.46. The molecule has 0 fully saturated rings. The Hall–Kier alpha value is -1.46. The van der Waals surface area contributed by atoms with Gasteiger partial charge in [-0.1, -0.05) is 11.6 Å².